The lowest BCUT2D eigenvalue weighted by molar-refractivity contribution is 0.219. The minimum Gasteiger partial charge on any atom is -0.493 e. The highest BCUT2D eigenvalue weighted by Crippen LogP contribution is 2.37. The minimum absolute atomic E-state index is 0.444. The number of aliphatic hydroxyl groups is 1. The first-order chi connectivity index (χ1) is 10.1. The van der Waals surface area contributed by atoms with Gasteiger partial charge < -0.3 is 14.6 Å². The molecule has 0 aliphatic rings. The summed E-state index contributed by atoms with van der Waals surface area (Å²) in [6, 6.07) is 11.2. The van der Waals surface area contributed by atoms with Crippen molar-refractivity contribution in [2.75, 3.05) is 14.2 Å². The Hall–Kier alpha value is -1.71. The second kappa shape index (κ2) is 6.83. The van der Waals surface area contributed by atoms with Gasteiger partial charge in [-0.1, -0.05) is 42.8 Å². The first-order valence-corrected chi connectivity index (χ1v) is 7.16. The number of hydrogen-bond donors (Lipinski definition) is 1. The van der Waals surface area contributed by atoms with Crippen LogP contribution in [0.1, 0.15) is 29.7 Å². The number of hydrogen-bond acceptors (Lipinski definition) is 3. The molecule has 0 saturated heterocycles. The van der Waals surface area contributed by atoms with E-state index in [9.17, 15) is 5.11 Å². The molecule has 0 fully saturated rings. The average molecular weight is 307 g/mol. The number of aryl methyl sites for hydroxylation is 1. The van der Waals surface area contributed by atoms with E-state index >= 15 is 0 Å². The maximum absolute atomic E-state index is 10.5. The van der Waals surface area contributed by atoms with E-state index in [0.29, 0.717) is 22.1 Å². The van der Waals surface area contributed by atoms with Crippen molar-refractivity contribution >= 4 is 11.6 Å². The SMILES string of the molecule is CCc1ccc(C(O)c2cc(OC)c(OC)cc2Cl)cc1. The Morgan fingerprint density at radius 2 is 1.62 bits per heavy atom. The van der Waals surface area contributed by atoms with Crippen molar-refractivity contribution in [3.05, 3.63) is 58.1 Å². The molecule has 0 radical (unpaired) electrons. The molecule has 2 aromatic carbocycles. The summed E-state index contributed by atoms with van der Waals surface area (Å²) in [5, 5.41) is 11.0. The van der Waals surface area contributed by atoms with Gasteiger partial charge in [-0.15, -0.1) is 0 Å². The van der Waals surface area contributed by atoms with Crippen LogP contribution in [0.5, 0.6) is 11.5 Å². The molecule has 0 bridgehead atoms. The van der Waals surface area contributed by atoms with Gasteiger partial charge in [0, 0.05) is 11.6 Å². The van der Waals surface area contributed by atoms with Gasteiger partial charge in [0.05, 0.1) is 19.2 Å². The molecular weight excluding hydrogens is 288 g/mol. The monoisotopic (exact) mass is 306 g/mol. The number of rotatable bonds is 5. The third-order valence-corrected chi connectivity index (χ3v) is 3.83. The van der Waals surface area contributed by atoms with Gasteiger partial charge in [-0.25, -0.2) is 0 Å². The fraction of sp³-hybridized carbons (Fsp3) is 0.294. The van der Waals surface area contributed by atoms with E-state index in [1.807, 2.05) is 24.3 Å². The first-order valence-electron chi connectivity index (χ1n) is 6.79. The lowest BCUT2D eigenvalue weighted by atomic mass is 9.99. The molecule has 3 nitrogen and oxygen atoms in total. The molecule has 0 aliphatic carbocycles. The molecule has 1 atom stereocenters. The molecule has 0 spiro atoms. The maximum atomic E-state index is 10.5. The van der Waals surface area contributed by atoms with E-state index in [2.05, 4.69) is 6.92 Å². The molecular formula is C17H19ClO3. The number of aliphatic hydroxyl groups excluding tert-OH is 1. The lowest BCUT2D eigenvalue weighted by Crippen LogP contribution is -2.02. The van der Waals surface area contributed by atoms with Crippen molar-refractivity contribution in [1.82, 2.24) is 0 Å². The number of benzene rings is 2. The smallest absolute Gasteiger partial charge is 0.162 e. The van der Waals surface area contributed by atoms with Crippen LogP contribution in [0.2, 0.25) is 5.02 Å². The van der Waals surface area contributed by atoms with Crippen molar-refractivity contribution in [2.24, 2.45) is 0 Å². The summed E-state index contributed by atoms with van der Waals surface area (Å²) in [5.41, 5.74) is 2.62. The van der Waals surface area contributed by atoms with E-state index in [-0.39, 0.29) is 0 Å². The van der Waals surface area contributed by atoms with Gasteiger partial charge in [0.15, 0.2) is 11.5 Å². The predicted octanol–water partition coefficient (Wildman–Crippen LogP) is 4.00. The Kier molecular flexibility index (Phi) is 5.10. The largest absolute Gasteiger partial charge is 0.493 e. The highest BCUT2D eigenvalue weighted by Gasteiger charge is 2.18. The third kappa shape index (κ3) is 3.31. The summed E-state index contributed by atoms with van der Waals surface area (Å²) in [6.07, 6.45) is 0.163. The fourth-order valence-corrected chi connectivity index (χ4v) is 2.45. The zero-order chi connectivity index (χ0) is 15.4. The Balaban J connectivity index is 2.39. The zero-order valence-electron chi connectivity index (χ0n) is 12.4. The van der Waals surface area contributed by atoms with Crippen LogP contribution < -0.4 is 9.47 Å². The summed E-state index contributed by atoms with van der Waals surface area (Å²) < 4.78 is 10.5. The van der Waals surface area contributed by atoms with Gasteiger partial charge >= 0.3 is 0 Å². The van der Waals surface area contributed by atoms with Crippen LogP contribution in [0, 0.1) is 0 Å². The van der Waals surface area contributed by atoms with Crippen molar-refractivity contribution < 1.29 is 14.6 Å². The Labute approximate surface area is 130 Å². The van der Waals surface area contributed by atoms with Crippen molar-refractivity contribution in [3.8, 4) is 11.5 Å². The van der Waals surface area contributed by atoms with Gasteiger partial charge in [0.1, 0.15) is 6.10 Å². The van der Waals surface area contributed by atoms with Crippen LogP contribution in [0.3, 0.4) is 0 Å². The first kappa shape index (κ1) is 15.7. The van der Waals surface area contributed by atoms with Crippen LogP contribution in [-0.2, 0) is 6.42 Å². The second-order valence-corrected chi connectivity index (χ2v) is 5.13. The minimum atomic E-state index is -0.803. The third-order valence-electron chi connectivity index (χ3n) is 3.50. The normalized spacial score (nSPS) is 12.0. The molecule has 0 heterocycles. The molecule has 4 heteroatoms. The Bertz CT molecular complexity index is 608. The summed E-state index contributed by atoms with van der Waals surface area (Å²) in [4.78, 5) is 0. The van der Waals surface area contributed by atoms with Gasteiger partial charge in [0.25, 0.3) is 0 Å². The number of ether oxygens (including phenoxy) is 2. The predicted molar refractivity (Wildman–Crippen MR) is 84.4 cm³/mol. The number of halogens is 1. The number of methoxy groups -OCH3 is 2. The van der Waals surface area contributed by atoms with Gasteiger partial charge in [-0.3, -0.25) is 0 Å². The standard InChI is InChI=1S/C17H19ClO3/c1-4-11-5-7-12(8-6-11)17(19)13-9-15(20-2)16(21-3)10-14(13)18/h5-10,17,19H,4H2,1-3H3. The average Bonchev–Trinajstić information content (AvgIpc) is 2.54. The molecule has 0 saturated carbocycles. The van der Waals surface area contributed by atoms with E-state index < -0.39 is 6.10 Å². The summed E-state index contributed by atoms with van der Waals surface area (Å²) in [6.45, 7) is 2.09. The summed E-state index contributed by atoms with van der Waals surface area (Å²) in [5.74, 6) is 1.08. The highest BCUT2D eigenvalue weighted by atomic mass is 35.5. The van der Waals surface area contributed by atoms with E-state index in [4.69, 9.17) is 21.1 Å². The molecule has 1 N–H and O–H groups in total. The van der Waals surface area contributed by atoms with Crippen molar-refractivity contribution in [2.45, 2.75) is 19.4 Å². The van der Waals surface area contributed by atoms with E-state index in [1.165, 1.54) is 5.56 Å². The van der Waals surface area contributed by atoms with Gasteiger partial charge in [0.2, 0.25) is 0 Å². The quantitative estimate of drug-likeness (QED) is 0.907. The Morgan fingerprint density at radius 1 is 1.05 bits per heavy atom. The van der Waals surface area contributed by atoms with E-state index in [1.54, 1.807) is 26.4 Å². The van der Waals surface area contributed by atoms with Crippen LogP contribution in [0.25, 0.3) is 0 Å². The Morgan fingerprint density at radius 3 is 2.14 bits per heavy atom. The summed E-state index contributed by atoms with van der Waals surface area (Å²) >= 11 is 6.24. The van der Waals surface area contributed by atoms with Crippen LogP contribution >= 0.6 is 11.6 Å². The maximum Gasteiger partial charge on any atom is 0.162 e. The van der Waals surface area contributed by atoms with Crippen LogP contribution in [-0.4, -0.2) is 19.3 Å². The lowest BCUT2D eigenvalue weighted by Gasteiger charge is -2.16. The topological polar surface area (TPSA) is 38.7 Å². The van der Waals surface area contributed by atoms with Crippen LogP contribution in [0.4, 0.5) is 0 Å². The summed E-state index contributed by atoms with van der Waals surface area (Å²) in [7, 11) is 3.10. The zero-order valence-corrected chi connectivity index (χ0v) is 13.1. The molecule has 0 amide bonds. The van der Waals surface area contributed by atoms with Crippen molar-refractivity contribution in [3.63, 3.8) is 0 Å². The van der Waals surface area contributed by atoms with E-state index in [0.717, 1.165) is 12.0 Å². The second-order valence-electron chi connectivity index (χ2n) is 4.73. The molecule has 112 valence electrons. The molecule has 0 aliphatic heterocycles. The molecule has 0 aromatic heterocycles. The molecule has 1 unspecified atom stereocenters. The van der Waals surface area contributed by atoms with Gasteiger partial charge in [-0.2, -0.15) is 0 Å². The molecule has 21 heavy (non-hydrogen) atoms. The molecule has 2 aromatic rings. The van der Waals surface area contributed by atoms with Gasteiger partial charge in [-0.05, 0) is 23.6 Å². The fourth-order valence-electron chi connectivity index (χ4n) is 2.19. The highest BCUT2D eigenvalue weighted by molar-refractivity contribution is 6.31. The molecule has 2 rings (SSSR count). The van der Waals surface area contributed by atoms with Crippen molar-refractivity contribution in [1.29, 1.82) is 0 Å². The van der Waals surface area contributed by atoms with Crippen LogP contribution in [0.15, 0.2) is 36.4 Å².